The molecule has 1 atom stereocenters. The number of hydrogen-bond donors (Lipinski definition) is 3. The zero-order chi connectivity index (χ0) is 12.3. The van der Waals surface area contributed by atoms with E-state index in [9.17, 15) is 9.90 Å². The third-order valence-corrected chi connectivity index (χ3v) is 3.67. The van der Waals surface area contributed by atoms with E-state index < -0.39 is 0 Å². The van der Waals surface area contributed by atoms with Gasteiger partial charge in [-0.25, -0.2) is 0 Å². The summed E-state index contributed by atoms with van der Waals surface area (Å²) < 4.78 is 0. The smallest absolute Gasteiger partial charge is 0.238 e. The van der Waals surface area contributed by atoms with E-state index in [2.05, 4.69) is 10.6 Å². The molecular formula is C12H16N2O2S. The Labute approximate surface area is 105 Å². The number of hydrogen-bond acceptors (Lipinski definition) is 4. The van der Waals surface area contributed by atoms with Crippen LogP contribution in [0.2, 0.25) is 0 Å². The molecule has 1 aliphatic heterocycles. The van der Waals surface area contributed by atoms with Crippen LogP contribution >= 0.6 is 11.8 Å². The predicted octanol–water partition coefficient (Wildman–Crippen LogP) is 0.979. The molecule has 0 unspecified atom stereocenters. The van der Waals surface area contributed by atoms with Crippen LogP contribution in [-0.4, -0.2) is 28.7 Å². The van der Waals surface area contributed by atoms with Gasteiger partial charge < -0.3 is 10.4 Å². The fourth-order valence-corrected chi connectivity index (χ4v) is 2.63. The Balaban J connectivity index is 1.90. The molecule has 92 valence electrons. The summed E-state index contributed by atoms with van der Waals surface area (Å²) in [5.41, 5.74) is 1.75. The minimum atomic E-state index is -0.104. The van der Waals surface area contributed by atoms with Gasteiger partial charge in [-0.2, -0.15) is 0 Å². The summed E-state index contributed by atoms with van der Waals surface area (Å²) in [7, 11) is 0. The molecule has 0 spiro atoms. The van der Waals surface area contributed by atoms with Gasteiger partial charge in [0.05, 0.1) is 6.04 Å². The number of carbonyl (C=O) groups excluding carboxylic acids is 1. The first-order chi connectivity index (χ1) is 8.16. The van der Waals surface area contributed by atoms with E-state index in [4.69, 9.17) is 0 Å². The van der Waals surface area contributed by atoms with Crippen molar-refractivity contribution in [2.24, 2.45) is 0 Å². The van der Waals surface area contributed by atoms with Gasteiger partial charge in [-0.05, 0) is 18.6 Å². The lowest BCUT2D eigenvalue weighted by Gasteiger charge is -2.11. The van der Waals surface area contributed by atoms with Crippen LogP contribution in [0.15, 0.2) is 18.2 Å². The lowest BCUT2D eigenvalue weighted by atomic mass is 10.1. The maximum Gasteiger partial charge on any atom is 0.238 e. The molecule has 2 rings (SSSR count). The summed E-state index contributed by atoms with van der Waals surface area (Å²) in [5, 5.41) is 15.6. The lowest BCUT2D eigenvalue weighted by Crippen LogP contribution is -2.41. The van der Waals surface area contributed by atoms with Gasteiger partial charge in [-0.1, -0.05) is 12.1 Å². The summed E-state index contributed by atoms with van der Waals surface area (Å²) in [6, 6.07) is 5.35. The fourth-order valence-electron chi connectivity index (χ4n) is 1.69. The Hall–Kier alpha value is -1.20. The van der Waals surface area contributed by atoms with Crippen LogP contribution in [0.25, 0.3) is 0 Å². The number of thioether (sulfide) groups is 1. The highest BCUT2D eigenvalue weighted by Gasteiger charge is 2.22. The van der Waals surface area contributed by atoms with Gasteiger partial charge in [0.15, 0.2) is 0 Å². The van der Waals surface area contributed by atoms with Crippen molar-refractivity contribution < 1.29 is 9.90 Å². The normalized spacial score (nSPS) is 19.2. The van der Waals surface area contributed by atoms with Crippen molar-refractivity contribution in [3.63, 3.8) is 0 Å². The van der Waals surface area contributed by atoms with Gasteiger partial charge in [-0.3, -0.25) is 10.1 Å². The van der Waals surface area contributed by atoms with Crippen molar-refractivity contribution >= 4 is 17.7 Å². The molecule has 0 radical (unpaired) electrons. The maximum absolute atomic E-state index is 11.7. The molecule has 1 saturated heterocycles. The molecule has 0 aromatic heterocycles. The van der Waals surface area contributed by atoms with E-state index in [0.717, 1.165) is 22.8 Å². The molecule has 3 N–H and O–H groups in total. The first kappa shape index (κ1) is 12.3. The number of carbonyl (C=O) groups is 1. The van der Waals surface area contributed by atoms with Gasteiger partial charge in [0, 0.05) is 23.7 Å². The van der Waals surface area contributed by atoms with E-state index >= 15 is 0 Å². The molecule has 1 aromatic carbocycles. The number of nitrogens with one attached hydrogen (secondary N) is 2. The highest BCUT2D eigenvalue weighted by molar-refractivity contribution is 7.99. The first-order valence-corrected chi connectivity index (χ1v) is 6.69. The van der Waals surface area contributed by atoms with Gasteiger partial charge in [0.25, 0.3) is 0 Å². The Morgan fingerprint density at radius 1 is 1.65 bits per heavy atom. The molecule has 0 saturated carbocycles. The van der Waals surface area contributed by atoms with E-state index in [-0.39, 0.29) is 17.7 Å². The van der Waals surface area contributed by atoms with Crippen molar-refractivity contribution in [1.82, 2.24) is 10.6 Å². The molecule has 5 heteroatoms. The Kier molecular flexibility index (Phi) is 3.91. The topological polar surface area (TPSA) is 61.4 Å². The predicted molar refractivity (Wildman–Crippen MR) is 68.9 cm³/mol. The molecule has 4 nitrogen and oxygen atoms in total. The van der Waals surface area contributed by atoms with Crippen LogP contribution in [-0.2, 0) is 11.3 Å². The second-order valence-electron chi connectivity index (χ2n) is 4.12. The highest BCUT2D eigenvalue weighted by Crippen LogP contribution is 2.18. The zero-order valence-corrected chi connectivity index (χ0v) is 10.5. The average Bonchev–Trinajstić information content (AvgIpc) is 2.81. The van der Waals surface area contributed by atoms with E-state index in [1.165, 1.54) is 0 Å². The van der Waals surface area contributed by atoms with E-state index in [1.54, 1.807) is 17.8 Å². The summed E-state index contributed by atoms with van der Waals surface area (Å²) in [5.74, 6) is 1.87. The lowest BCUT2D eigenvalue weighted by molar-refractivity contribution is -0.122. The Morgan fingerprint density at radius 3 is 3.12 bits per heavy atom. The average molecular weight is 252 g/mol. The molecule has 1 aromatic rings. The second-order valence-corrected chi connectivity index (χ2v) is 5.15. The minimum Gasteiger partial charge on any atom is -0.508 e. The molecule has 17 heavy (non-hydrogen) atoms. The van der Waals surface area contributed by atoms with Crippen molar-refractivity contribution in [3.05, 3.63) is 29.3 Å². The van der Waals surface area contributed by atoms with Crippen LogP contribution < -0.4 is 10.6 Å². The van der Waals surface area contributed by atoms with Crippen LogP contribution in [0.1, 0.15) is 11.1 Å². The standard InChI is InChI=1S/C12H16N2O2S/c1-8-2-3-9(11(15)4-8)5-13-12(16)10-6-17-7-14-10/h2-4,10,14-15H,5-7H2,1H3,(H,13,16)/t10-/m1/s1. The number of phenolic OH excluding ortho intramolecular Hbond substituents is 1. The van der Waals surface area contributed by atoms with Crippen molar-refractivity contribution in [3.8, 4) is 5.75 Å². The summed E-state index contributed by atoms with van der Waals surface area (Å²) in [6.07, 6.45) is 0. The van der Waals surface area contributed by atoms with Gasteiger partial charge in [0.2, 0.25) is 5.91 Å². The molecule has 1 heterocycles. The van der Waals surface area contributed by atoms with Gasteiger partial charge in [-0.15, -0.1) is 11.8 Å². The molecule has 1 aliphatic rings. The van der Waals surface area contributed by atoms with Crippen molar-refractivity contribution in [2.45, 2.75) is 19.5 Å². The van der Waals surface area contributed by atoms with Crippen LogP contribution in [0.4, 0.5) is 0 Å². The molecule has 1 fully saturated rings. The van der Waals surface area contributed by atoms with Crippen LogP contribution in [0.5, 0.6) is 5.75 Å². The number of amides is 1. The summed E-state index contributed by atoms with van der Waals surface area (Å²) in [6.45, 7) is 2.29. The third-order valence-electron chi connectivity index (χ3n) is 2.73. The number of rotatable bonds is 3. The molecule has 0 bridgehead atoms. The molecular weight excluding hydrogens is 236 g/mol. The molecule has 1 amide bonds. The van der Waals surface area contributed by atoms with E-state index in [1.807, 2.05) is 19.1 Å². The Morgan fingerprint density at radius 2 is 2.47 bits per heavy atom. The summed E-state index contributed by atoms with van der Waals surface area (Å²) in [4.78, 5) is 11.7. The number of phenols is 1. The third kappa shape index (κ3) is 3.14. The monoisotopic (exact) mass is 252 g/mol. The van der Waals surface area contributed by atoms with Gasteiger partial charge in [0.1, 0.15) is 5.75 Å². The quantitative estimate of drug-likeness (QED) is 0.750. The molecule has 0 aliphatic carbocycles. The number of aryl methyl sites for hydroxylation is 1. The van der Waals surface area contributed by atoms with Crippen LogP contribution in [0, 0.1) is 6.92 Å². The van der Waals surface area contributed by atoms with Crippen molar-refractivity contribution in [1.29, 1.82) is 0 Å². The van der Waals surface area contributed by atoms with Crippen LogP contribution in [0.3, 0.4) is 0 Å². The first-order valence-electron chi connectivity index (χ1n) is 5.54. The Bertz CT molecular complexity index is 417. The number of benzene rings is 1. The maximum atomic E-state index is 11.7. The van der Waals surface area contributed by atoms with Crippen molar-refractivity contribution in [2.75, 3.05) is 11.6 Å². The SMILES string of the molecule is Cc1ccc(CNC(=O)[C@H]2CSCN2)c(O)c1. The summed E-state index contributed by atoms with van der Waals surface area (Å²) >= 11 is 1.72. The zero-order valence-electron chi connectivity index (χ0n) is 9.69. The fraction of sp³-hybridized carbons (Fsp3) is 0.417. The van der Waals surface area contributed by atoms with Gasteiger partial charge >= 0.3 is 0 Å². The number of aromatic hydroxyl groups is 1. The minimum absolute atomic E-state index is 0.00465. The van der Waals surface area contributed by atoms with E-state index in [0.29, 0.717) is 6.54 Å². The second kappa shape index (κ2) is 5.42. The highest BCUT2D eigenvalue weighted by atomic mass is 32.2. The largest absolute Gasteiger partial charge is 0.508 e.